The summed E-state index contributed by atoms with van der Waals surface area (Å²) in [6, 6.07) is 0. The third-order valence-electron chi connectivity index (χ3n) is 2.23. The molecule has 0 aliphatic rings. The minimum Gasteiger partial charge on any atom is -0.330 e. The standard InChI is InChI=1S/C11H21N3/c1-9(2)7-14-8-11(6-13-14)4-10(3)5-12/h6,8-10H,4-5,7,12H2,1-3H3. The summed E-state index contributed by atoms with van der Waals surface area (Å²) in [6.45, 7) is 8.31. The minimum atomic E-state index is 0.548. The number of aromatic nitrogens is 2. The molecule has 2 N–H and O–H groups in total. The number of hydrogen-bond donors (Lipinski definition) is 1. The van der Waals surface area contributed by atoms with E-state index in [4.69, 9.17) is 5.73 Å². The summed E-state index contributed by atoms with van der Waals surface area (Å²) in [5, 5.41) is 4.32. The van der Waals surface area contributed by atoms with E-state index in [-0.39, 0.29) is 0 Å². The molecule has 0 aromatic carbocycles. The Bertz CT molecular complexity index is 265. The number of rotatable bonds is 5. The highest BCUT2D eigenvalue weighted by Gasteiger charge is 2.04. The summed E-state index contributed by atoms with van der Waals surface area (Å²) in [7, 11) is 0. The van der Waals surface area contributed by atoms with Gasteiger partial charge in [0.05, 0.1) is 6.20 Å². The summed E-state index contributed by atoms with van der Waals surface area (Å²) < 4.78 is 2.02. The average Bonchev–Trinajstić information content (AvgIpc) is 2.51. The van der Waals surface area contributed by atoms with E-state index in [1.165, 1.54) is 5.56 Å². The van der Waals surface area contributed by atoms with Gasteiger partial charge in [0.25, 0.3) is 0 Å². The van der Waals surface area contributed by atoms with Crippen LogP contribution in [0.4, 0.5) is 0 Å². The van der Waals surface area contributed by atoms with Gasteiger partial charge in [0.2, 0.25) is 0 Å². The van der Waals surface area contributed by atoms with Crippen LogP contribution in [0.5, 0.6) is 0 Å². The monoisotopic (exact) mass is 195 g/mol. The van der Waals surface area contributed by atoms with E-state index >= 15 is 0 Å². The second-order valence-electron chi connectivity index (χ2n) is 4.51. The van der Waals surface area contributed by atoms with Crippen LogP contribution < -0.4 is 5.73 Å². The van der Waals surface area contributed by atoms with Crippen LogP contribution in [0.2, 0.25) is 0 Å². The minimum absolute atomic E-state index is 0.548. The second-order valence-corrected chi connectivity index (χ2v) is 4.51. The molecule has 1 rings (SSSR count). The van der Waals surface area contributed by atoms with E-state index in [2.05, 4.69) is 32.1 Å². The van der Waals surface area contributed by atoms with Crippen molar-refractivity contribution in [2.75, 3.05) is 6.54 Å². The predicted molar refractivity (Wildman–Crippen MR) is 59.0 cm³/mol. The van der Waals surface area contributed by atoms with E-state index in [0.717, 1.165) is 19.5 Å². The Labute approximate surface area is 86.3 Å². The zero-order valence-corrected chi connectivity index (χ0v) is 9.40. The molecule has 0 amide bonds. The van der Waals surface area contributed by atoms with Crippen LogP contribution in [-0.4, -0.2) is 16.3 Å². The van der Waals surface area contributed by atoms with Crippen molar-refractivity contribution in [1.29, 1.82) is 0 Å². The van der Waals surface area contributed by atoms with E-state index in [9.17, 15) is 0 Å². The van der Waals surface area contributed by atoms with E-state index < -0.39 is 0 Å². The predicted octanol–water partition coefficient (Wildman–Crippen LogP) is 1.68. The molecular formula is C11H21N3. The lowest BCUT2D eigenvalue weighted by Crippen LogP contribution is -2.12. The normalized spacial score (nSPS) is 13.5. The van der Waals surface area contributed by atoms with Crippen molar-refractivity contribution in [2.24, 2.45) is 17.6 Å². The van der Waals surface area contributed by atoms with Crippen molar-refractivity contribution >= 4 is 0 Å². The van der Waals surface area contributed by atoms with Crippen LogP contribution >= 0.6 is 0 Å². The van der Waals surface area contributed by atoms with Crippen LogP contribution in [0.15, 0.2) is 12.4 Å². The van der Waals surface area contributed by atoms with E-state index in [0.29, 0.717) is 11.8 Å². The van der Waals surface area contributed by atoms with Crippen molar-refractivity contribution in [3.8, 4) is 0 Å². The second kappa shape index (κ2) is 5.15. The highest BCUT2D eigenvalue weighted by molar-refractivity contribution is 5.04. The molecule has 3 nitrogen and oxygen atoms in total. The Morgan fingerprint density at radius 2 is 2.14 bits per heavy atom. The Kier molecular flexibility index (Phi) is 4.14. The van der Waals surface area contributed by atoms with Crippen molar-refractivity contribution in [3.05, 3.63) is 18.0 Å². The number of nitrogens with two attached hydrogens (primary N) is 1. The van der Waals surface area contributed by atoms with Gasteiger partial charge in [0.15, 0.2) is 0 Å². The third kappa shape index (κ3) is 3.50. The van der Waals surface area contributed by atoms with Gasteiger partial charge in [-0.05, 0) is 30.4 Å². The molecule has 0 radical (unpaired) electrons. The fourth-order valence-corrected chi connectivity index (χ4v) is 1.47. The van der Waals surface area contributed by atoms with Crippen LogP contribution in [-0.2, 0) is 13.0 Å². The number of hydrogen-bond acceptors (Lipinski definition) is 2. The highest BCUT2D eigenvalue weighted by Crippen LogP contribution is 2.07. The van der Waals surface area contributed by atoms with Gasteiger partial charge in [-0.15, -0.1) is 0 Å². The lowest BCUT2D eigenvalue weighted by molar-refractivity contribution is 0.482. The van der Waals surface area contributed by atoms with E-state index in [1.54, 1.807) is 0 Å². The first-order valence-corrected chi connectivity index (χ1v) is 5.33. The number of nitrogens with zero attached hydrogens (tertiary/aromatic N) is 2. The summed E-state index contributed by atoms with van der Waals surface area (Å²) >= 11 is 0. The summed E-state index contributed by atoms with van der Waals surface area (Å²) in [5.74, 6) is 1.20. The molecule has 0 bridgehead atoms. The smallest absolute Gasteiger partial charge is 0.0521 e. The maximum absolute atomic E-state index is 5.58. The SMILES string of the molecule is CC(C)Cn1cc(CC(C)CN)cn1. The third-order valence-corrected chi connectivity index (χ3v) is 2.23. The Hall–Kier alpha value is -0.830. The first-order chi connectivity index (χ1) is 6.61. The van der Waals surface area contributed by atoms with Crippen LogP contribution in [0, 0.1) is 11.8 Å². The molecule has 1 atom stereocenters. The summed E-state index contributed by atoms with van der Waals surface area (Å²) in [5.41, 5.74) is 6.88. The summed E-state index contributed by atoms with van der Waals surface area (Å²) in [4.78, 5) is 0. The van der Waals surface area contributed by atoms with Crippen LogP contribution in [0.25, 0.3) is 0 Å². The fourth-order valence-electron chi connectivity index (χ4n) is 1.47. The average molecular weight is 195 g/mol. The molecule has 1 aromatic heterocycles. The van der Waals surface area contributed by atoms with Gasteiger partial charge >= 0.3 is 0 Å². The van der Waals surface area contributed by atoms with Gasteiger partial charge in [0, 0.05) is 12.7 Å². The van der Waals surface area contributed by atoms with Gasteiger partial charge < -0.3 is 5.73 Å². The van der Waals surface area contributed by atoms with Crippen molar-refractivity contribution in [2.45, 2.75) is 33.7 Å². The molecular weight excluding hydrogens is 174 g/mol. The van der Waals surface area contributed by atoms with Gasteiger partial charge in [-0.25, -0.2) is 0 Å². The largest absolute Gasteiger partial charge is 0.330 e. The van der Waals surface area contributed by atoms with Crippen LogP contribution in [0.1, 0.15) is 26.3 Å². The lowest BCUT2D eigenvalue weighted by atomic mass is 10.0. The highest BCUT2D eigenvalue weighted by atomic mass is 15.3. The fraction of sp³-hybridized carbons (Fsp3) is 0.727. The molecule has 0 saturated carbocycles. The van der Waals surface area contributed by atoms with E-state index in [1.807, 2.05) is 10.9 Å². The molecule has 0 aliphatic carbocycles. The quantitative estimate of drug-likeness (QED) is 0.776. The summed E-state index contributed by atoms with van der Waals surface area (Å²) in [6.07, 6.45) is 5.12. The molecule has 1 heterocycles. The molecule has 0 aliphatic heterocycles. The van der Waals surface area contributed by atoms with Crippen molar-refractivity contribution in [3.63, 3.8) is 0 Å². The Morgan fingerprint density at radius 3 is 2.71 bits per heavy atom. The van der Waals surface area contributed by atoms with Crippen molar-refractivity contribution < 1.29 is 0 Å². The molecule has 1 unspecified atom stereocenters. The van der Waals surface area contributed by atoms with Gasteiger partial charge in [-0.2, -0.15) is 5.10 Å². The lowest BCUT2D eigenvalue weighted by Gasteiger charge is -2.05. The van der Waals surface area contributed by atoms with Crippen molar-refractivity contribution in [1.82, 2.24) is 9.78 Å². The zero-order valence-electron chi connectivity index (χ0n) is 9.40. The van der Waals surface area contributed by atoms with Crippen LogP contribution in [0.3, 0.4) is 0 Å². The molecule has 14 heavy (non-hydrogen) atoms. The molecule has 0 saturated heterocycles. The zero-order chi connectivity index (χ0) is 10.6. The first kappa shape index (κ1) is 11.2. The topological polar surface area (TPSA) is 43.8 Å². The molecule has 3 heteroatoms. The molecule has 80 valence electrons. The maximum atomic E-state index is 5.58. The Morgan fingerprint density at radius 1 is 1.43 bits per heavy atom. The van der Waals surface area contributed by atoms with Gasteiger partial charge in [0.1, 0.15) is 0 Å². The molecule has 0 spiro atoms. The first-order valence-electron chi connectivity index (χ1n) is 5.33. The molecule has 0 fully saturated rings. The van der Waals surface area contributed by atoms with Gasteiger partial charge in [-0.3, -0.25) is 4.68 Å². The Balaban J connectivity index is 2.50. The van der Waals surface area contributed by atoms with Gasteiger partial charge in [-0.1, -0.05) is 20.8 Å². The molecule has 1 aromatic rings. The maximum Gasteiger partial charge on any atom is 0.0521 e.